The maximum Gasteiger partial charge on any atom is 0.307 e. The van der Waals surface area contributed by atoms with Crippen LogP contribution in [0.5, 0.6) is 5.75 Å². The minimum Gasteiger partial charge on any atom is -0.506 e. The van der Waals surface area contributed by atoms with E-state index in [0.29, 0.717) is 12.2 Å². The summed E-state index contributed by atoms with van der Waals surface area (Å²) >= 11 is 4.18. The lowest BCUT2D eigenvalue weighted by Crippen LogP contribution is -2.17. The Kier molecular flexibility index (Phi) is 5.93. The minimum absolute atomic E-state index is 0.0670. The summed E-state index contributed by atoms with van der Waals surface area (Å²) in [6.07, 6.45) is 0.0670. The van der Waals surface area contributed by atoms with Crippen LogP contribution >= 0.6 is 45.2 Å². The molecule has 3 N–H and O–H groups in total. The zero-order valence-corrected chi connectivity index (χ0v) is 13.6. The number of phenols is 1. The summed E-state index contributed by atoms with van der Waals surface area (Å²) in [6, 6.07) is 3.08. The molecule has 0 amide bonds. The van der Waals surface area contributed by atoms with Crippen molar-refractivity contribution in [1.29, 1.82) is 0 Å². The summed E-state index contributed by atoms with van der Waals surface area (Å²) < 4.78 is 6.53. The Labute approximate surface area is 127 Å². The fourth-order valence-electron chi connectivity index (χ4n) is 1.38. The summed E-state index contributed by atoms with van der Waals surface area (Å²) in [5, 5.41) is 9.89. The predicted octanol–water partition coefficient (Wildman–Crippen LogP) is 2.55. The van der Waals surface area contributed by atoms with Gasteiger partial charge in [0.2, 0.25) is 0 Å². The highest BCUT2D eigenvalue weighted by molar-refractivity contribution is 14.1. The molecule has 0 radical (unpaired) electrons. The smallest absolute Gasteiger partial charge is 0.307 e. The fourth-order valence-corrected chi connectivity index (χ4v) is 3.27. The molecule has 0 aliphatic heterocycles. The number of carbonyl (C=O) groups excluding carboxylic acids is 1. The van der Waals surface area contributed by atoms with E-state index in [4.69, 9.17) is 10.5 Å². The Bertz CT molecular complexity index is 423. The highest BCUT2D eigenvalue weighted by Gasteiger charge is 2.18. The number of nitrogens with two attached hydrogens (primary N) is 1. The summed E-state index contributed by atoms with van der Waals surface area (Å²) in [5.41, 5.74) is 6.48. The molecule has 0 heterocycles. The first kappa shape index (κ1) is 15.0. The number of phenolic OH excluding ortho intramolecular Hbond substituents is 1. The summed E-state index contributed by atoms with van der Waals surface area (Å²) in [7, 11) is 0. The van der Waals surface area contributed by atoms with Crippen molar-refractivity contribution in [3.8, 4) is 5.75 Å². The number of aromatic hydroxyl groups is 1. The average Bonchev–Trinajstić information content (AvgIpc) is 2.23. The second-order valence-corrected chi connectivity index (χ2v) is 5.85. The lowest BCUT2D eigenvalue weighted by Gasteiger charge is -2.14. The van der Waals surface area contributed by atoms with E-state index in [1.54, 1.807) is 13.0 Å². The number of halogens is 2. The highest BCUT2D eigenvalue weighted by Crippen LogP contribution is 2.31. The number of hydrogen-bond donors (Lipinski definition) is 2. The Morgan fingerprint density at radius 1 is 1.53 bits per heavy atom. The monoisotopic (exact) mass is 461 g/mol. The zero-order chi connectivity index (χ0) is 13.0. The van der Waals surface area contributed by atoms with Crippen molar-refractivity contribution in [1.82, 2.24) is 0 Å². The van der Waals surface area contributed by atoms with Gasteiger partial charge in [0.05, 0.1) is 16.6 Å². The van der Waals surface area contributed by atoms with E-state index in [-0.39, 0.29) is 18.1 Å². The first-order valence-electron chi connectivity index (χ1n) is 5.04. The van der Waals surface area contributed by atoms with E-state index in [1.807, 2.05) is 28.7 Å². The molecule has 0 aliphatic rings. The summed E-state index contributed by atoms with van der Waals surface area (Å²) in [6.45, 7) is 2.08. The Hall–Kier alpha value is -0.0900. The molecule has 0 bridgehead atoms. The van der Waals surface area contributed by atoms with Crippen LogP contribution in [0.4, 0.5) is 0 Å². The van der Waals surface area contributed by atoms with Crippen LogP contribution in [0.15, 0.2) is 12.1 Å². The second kappa shape index (κ2) is 6.74. The zero-order valence-electron chi connectivity index (χ0n) is 9.24. The van der Waals surface area contributed by atoms with Crippen LogP contribution in [0.25, 0.3) is 0 Å². The van der Waals surface area contributed by atoms with Crippen LogP contribution in [0.1, 0.15) is 24.9 Å². The molecule has 94 valence electrons. The molecule has 1 aromatic carbocycles. The molecule has 0 fully saturated rings. The van der Waals surface area contributed by atoms with Gasteiger partial charge in [-0.05, 0) is 64.2 Å². The van der Waals surface area contributed by atoms with E-state index >= 15 is 0 Å². The quantitative estimate of drug-likeness (QED) is 0.535. The Morgan fingerprint density at radius 3 is 2.76 bits per heavy atom. The van der Waals surface area contributed by atoms with Crippen LogP contribution in [-0.2, 0) is 9.53 Å². The third kappa shape index (κ3) is 4.25. The molecule has 4 nitrogen and oxygen atoms in total. The van der Waals surface area contributed by atoms with Gasteiger partial charge >= 0.3 is 5.97 Å². The normalized spacial score (nSPS) is 12.2. The standard InChI is InChI=1S/C11H13I2NO3/c1-2-17-10(15)5-9(14)7-3-6(12)4-8(13)11(7)16/h3-4,9,16H,2,5,14H2,1H3. The second-order valence-electron chi connectivity index (χ2n) is 3.44. The summed E-state index contributed by atoms with van der Waals surface area (Å²) in [5.74, 6) is -0.212. The molecule has 1 aromatic rings. The van der Waals surface area contributed by atoms with Gasteiger partial charge < -0.3 is 15.6 Å². The van der Waals surface area contributed by atoms with Crippen molar-refractivity contribution in [3.05, 3.63) is 24.8 Å². The average molecular weight is 461 g/mol. The van der Waals surface area contributed by atoms with Crippen molar-refractivity contribution < 1.29 is 14.6 Å². The van der Waals surface area contributed by atoms with Crippen molar-refractivity contribution >= 4 is 51.2 Å². The summed E-state index contributed by atoms with van der Waals surface area (Å²) in [4.78, 5) is 11.3. The number of ether oxygens (including phenoxy) is 1. The van der Waals surface area contributed by atoms with Crippen molar-refractivity contribution in [2.45, 2.75) is 19.4 Å². The van der Waals surface area contributed by atoms with Crippen molar-refractivity contribution in [2.24, 2.45) is 5.73 Å². The number of hydrogen-bond acceptors (Lipinski definition) is 4. The molecular formula is C11H13I2NO3. The van der Waals surface area contributed by atoms with Gasteiger partial charge in [-0.1, -0.05) is 0 Å². The molecule has 0 spiro atoms. The molecule has 1 atom stereocenters. The molecule has 0 saturated heterocycles. The maximum atomic E-state index is 11.3. The van der Waals surface area contributed by atoms with Gasteiger partial charge in [-0.2, -0.15) is 0 Å². The van der Waals surface area contributed by atoms with E-state index < -0.39 is 6.04 Å². The Balaban J connectivity index is 2.88. The maximum absolute atomic E-state index is 11.3. The van der Waals surface area contributed by atoms with Gasteiger partial charge in [0.25, 0.3) is 0 Å². The predicted molar refractivity (Wildman–Crippen MR) is 81.7 cm³/mol. The van der Waals surface area contributed by atoms with Crippen LogP contribution in [0.2, 0.25) is 0 Å². The van der Waals surface area contributed by atoms with E-state index in [1.165, 1.54) is 0 Å². The van der Waals surface area contributed by atoms with Crippen LogP contribution in [0.3, 0.4) is 0 Å². The van der Waals surface area contributed by atoms with E-state index in [2.05, 4.69) is 22.6 Å². The molecule has 6 heteroatoms. The first-order valence-corrected chi connectivity index (χ1v) is 7.20. The molecule has 0 aromatic heterocycles. The van der Waals surface area contributed by atoms with Gasteiger partial charge in [0.1, 0.15) is 5.75 Å². The number of esters is 1. The van der Waals surface area contributed by atoms with Gasteiger partial charge in [-0.3, -0.25) is 4.79 Å². The Morgan fingerprint density at radius 2 is 2.18 bits per heavy atom. The fraction of sp³-hybridized carbons (Fsp3) is 0.364. The van der Waals surface area contributed by atoms with Gasteiger partial charge in [-0.25, -0.2) is 0 Å². The van der Waals surface area contributed by atoms with Crippen LogP contribution < -0.4 is 5.73 Å². The number of rotatable bonds is 4. The number of benzene rings is 1. The minimum atomic E-state index is -0.544. The van der Waals surface area contributed by atoms with E-state index in [9.17, 15) is 9.90 Å². The molecule has 1 unspecified atom stereocenters. The topological polar surface area (TPSA) is 72.5 Å². The lowest BCUT2D eigenvalue weighted by atomic mass is 10.0. The first-order chi connectivity index (χ1) is 7.95. The van der Waals surface area contributed by atoms with Crippen molar-refractivity contribution in [3.63, 3.8) is 0 Å². The third-order valence-electron chi connectivity index (χ3n) is 2.15. The molecule has 1 rings (SSSR count). The van der Waals surface area contributed by atoms with Gasteiger partial charge in [0.15, 0.2) is 0 Å². The van der Waals surface area contributed by atoms with E-state index in [0.717, 1.165) is 7.14 Å². The number of carbonyl (C=O) groups is 1. The van der Waals surface area contributed by atoms with Gasteiger partial charge in [-0.15, -0.1) is 0 Å². The highest BCUT2D eigenvalue weighted by atomic mass is 127. The van der Waals surface area contributed by atoms with Crippen LogP contribution in [-0.4, -0.2) is 17.7 Å². The van der Waals surface area contributed by atoms with Crippen molar-refractivity contribution in [2.75, 3.05) is 6.61 Å². The molecule has 17 heavy (non-hydrogen) atoms. The molecule has 0 saturated carbocycles. The SMILES string of the molecule is CCOC(=O)CC(N)c1cc(I)cc(I)c1O. The largest absolute Gasteiger partial charge is 0.506 e. The molecular weight excluding hydrogens is 448 g/mol. The third-order valence-corrected chi connectivity index (χ3v) is 3.59. The lowest BCUT2D eigenvalue weighted by molar-refractivity contribution is -0.143. The van der Waals surface area contributed by atoms with Gasteiger partial charge in [0, 0.05) is 15.2 Å². The van der Waals surface area contributed by atoms with Crippen LogP contribution in [0, 0.1) is 7.14 Å². The molecule has 0 aliphatic carbocycles.